The topological polar surface area (TPSA) is 29.9 Å². The molecule has 19 heavy (non-hydrogen) atoms. The second-order valence-corrected chi connectivity index (χ2v) is 5.50. The summed E-state index contributed by atoms with van der Waals surface area (Å²) in [7, 11) is 0. The van der Waals surface area contributed by atoms with Gasteiger partial charge in [0, 0.05) is 17.3 Å². The molecule has 0 aliphatic heterocycles. The number of hydrogen-bond donors (Lipinski definition) is 1. The molecule has 0 aliphatic rings. The summed E-state index contributed by atoms with van der Waals surface area (Å²) in [5, 5.41) is 4.22. The molecule has 0 spiro atoms. The number of hydrogen-bond acceptors (Lipinski definition) is 2. The monoisotopic (exact) mass is 277 g/mol. The molecule has 1 aromatic heterocycles. The Morgan fingerprint density at radius 3 is 2.53 bits per heavy atom. The number of imidazole rings is 1. The van der Waals surface area contributed by atoms with Crippen molar-refractivity contribution in [3.8, 4) is 0 Å². The zero-order valence-electron chi connectivity index (χ0n) is 11.8. The lowest BCUT2D eigenvalue weighted by Crippen LogP contribution is -2.13. The van der Waals surface area contributed by atoms with E-state index in [0.717, 1.165) is 22.2 Å². The Labute approximate surface area is 119 Å². The standard InChI is InChI=1S/C15H20ClN3/c1-10(2)19-9-11(3)17-15(19)18-12(4)13-7-5-6-8-14(13)16/h5-10,12H,1-4H3,(H,17,18). The molecule has 1 N–H and O–H groups in total. The highest BCUT2D eigenvalue weighted by Gasteiger charge is 2.14. The van der Waals surface area contributed by atoms with Gasteiger partial charge in [0.2, 0.25) is 5.95 Å². The Hall–Kier alpha value is -1.48. The number of benzene rings is 1. The second kappa shape index (κ2) is 5.66. The van der Waals surface area contributed by atoms with E-state index >= 15 is 0 Å². The summed E-state index contributed by atoms with van der Waals surface area (Å²) in [4.78, 5) is 4.54. The number of rotatable bonds is 4. The summed E-state index contributed by atoms with van der Waals surface area (Å²) < 4.78 is 2.14. The van der Waals surface area contributed by atoms with Crippen LogP contribution >= 0.6 is 11.6 Å². The van der Waals surface area contributed by atoms with E-state index in [-0.39, 0.29) is 6.04 Å². The van der Waals surface area contributed by atoms with Crippen LogP contribution in [0, 0.1) is 6.92 Å². The third kappa shape index (κ3) is 3.10. The lowest BCUT2D eigenvalue weighted by Gasteiger charge is -2.18. The molecule has 1 unspecified atom stereocenters. The fourth-order valence-electron chi connectivity index (χ4n) is 2.11. The van der Waals surface area contributed by atoms with Crippen LogP contribution in [0.2, 0.25) is 5.02 Å². The number of halogens is 1. The first-order valence-corrected chi connectivity index (χ1v) is 6.93. The maximum atomic E-state index is 6.23. The number of nitrogens with one attached hydrogen (secondary N) is 1. The number of anilines is 1. The van der Waals surface area contributed by atoms with Gasteiger partial charge in [-0.2, -0.15) is 0 Å². The molecular formula is C15H20ClN3. The third-order valence-electron chi connectivity index (χ3n) is 3.13. The Bertz CT molecular complexity index is 560. The van der Waals surface area contributed by atoms with Crippen LogP contribution < -0.4 is 5.32 Å². The third-order valence-corrected chi connectivity index (χ3v) is 3.47. The minimum absolute atomic E-state index is 0.119. The highest BCUT2D eigenvalue weighted by atomic mass is 35.5. The van der Waals surface area contributed by atoms with Gasteiger partial charge in [-0.3, -0.25) is 0 Å². The van der Waals surface area contributed by atoms with Crippen LogP contribution in [0.5, 0.6) is 0 Å². The molecule has 0 saturated carbocycles. The van der Waals surface area contributed by atoms with Crippen LogP contribution in [0.1, 0.15) is 44.1 Å². The number of aromatic nitrogens is 2. The van der Waals surface area contributed by atoms with Gasteiger partial charge in [0.1, 0.15) is 0 Å². The van der Waals surface area contributed by atoms with E-state index in [1.165, 1.54) is 0 Å². The molecule has 0 saturated heterocycles. The molecule has 2 rings (SSSR count). The summed E-state index contributed by atoms with van der Waals surface area (Å²) in [6.07, 6.45) is 2.06. The van der Waals surface area contributed by atoms with Crippen molar-refractivity contribution in [3.05, 3.63) is 46.7 Å². The van der Waals surface area contributed by atoms with Crippen molar-refractivity contribution in [3.63, 3.8) is 0 Å². The maximum absolute atomic E-state index is 6.23. The molecule has 0 bridgehead atoms. The van der Waals surface area contributed by atoms with Crippen LogP contribution in [0.4, 0.5) is 5.95 Å². The zero-order valence-corrected chi connectivity index (χ0v) is 12.6. The fourth-order valence-corrected chi connectivity index (χ4v) is 2.41. The largest absolute Gasteiger partial charge is 0.349 e. The van der Waals surface area contributed by atoms with Gasteiger partial charge in [-0.25, -0.2) is 4.98 Å². The summed E-state index contributed by atoms with van der Waals surface area (Å²) >= 11 is 6.23. The van der Waals surface area contributed by atoms with Gasteiger partial charge in [-0.1, -0.05) is 29.8 Å². The number of nitrogens with zero attached hydrogens (tertiary/aromatic N) is 2. The van der Waals surface area contributed by atoms with Crippen LogP contribution in [0.3, 0.4) is 0 Å². The highest BCUT2D eigenvalue weighted by molar-refractivity contribution is 6.31. The molecule has 0 amide bonds. The van der Waals surface area contributed by atoms with Crippen molar-refractivity contribution in [2.45, 2.75) is 39.8 Å². The van der Waals surface area contributed by atoms with E-state index in [0.29, 0.717) is 6.04 Å². The smallest absolute Gasteiger partial charge is 0.203 e. The Morgan fingerprint density at radius 2 is 1.89 bits per heavy atom. The minimum atomic E-state index is 0.119. The zero-order chi connectivity index (χ0) is 14.0. The SMILES string of the molecule is Cc1cn(C(C)C)c(NC(C)c2ccccc2Cl)n1. The fraction of sp³-hybridized carbons (Fsp3) is 0.400. The summed E-state index contributed by atoms with van der Waals surface area (Å²) in [6, 6.07) is 8.39. The van der Waals surface area contributed by atoms with Crippen molar-refractivity contribution in [1.82, 2.24) is 9.55 Å². The molecule has 3 nitrogen and oxygen atoms in total. The van der Waals surface area contributed by atoms with E-state index < -0.39 is 0 Å². The predicted molar refractivity (Wildman–Crippen MR) is 80.8 cm³/mol. The number of aryl methyl sites for hydroxylation is 1. The van der Waals surface area contributed by atoms with Gasteiger partial charge >= 0.3 is 0 Å². The molecule has 0 radical (unpaired) electrons. The molecule has 0 fully saturated rings. The second-order valence-electron chi connectivity index (χ2n) is 5.09. The molecule has 1 heterocycles. The lowest BCUT2D eigenvalue weighted by molar-refractivity contribution is 0.600. The van der Waals surface area contributed by atoms with Crippen molar-refractivity contribution in [2.75, 3.05) is 5.32 Å². The van der Waals surface area contributed by atoms with Gasteiger partial charge in [-0.05, 0) is 39.3 Å². The average Bonchev–Trinajstić information content (AvgIpc) is 2.70. The van der Waals surface area contributed by atoms with Crippen LogP contribution in [0.15, 0.2) is 30.5 Å². The van der Waals surface area contributed by atoms with E-state index in [2.05, 4.69) is 41.8 Å². The van der Waals surface area contributed by atoms with Gasteiger partial charge < -0.3 is 9.88 Å². The molecule has 0 aliphatic carbocycles. The Morgan fingerprint density at radius 1 is 1.21 bits per heavy atom. The first kappa shape index (κ1) is 13.9. The van der Waals surface area contributed by atoms with E-state index in [1.54, 1.807) is 0 Å². The van der Waals surface area contributed by atoms with Gasteiger partial charge in [0.25, 0.3) is 0 Å². The van der Waals surface area contributed by atoms with Gasteiger partial charge in [-0.15, -0.1) is 0 Å². The van der Waals surface area contributed by atoms with Gasteiger partial charge in [0.05, 0.1) is 11.7 Å². The van der Waals surface area contributed by atoms with Crippen molar-refractivity contribution in [1.29, 1.82) is 0 Å². The molecule has 4 heteroatoms. The molecule has 2 aromatic rings. The summed E-state index contributed by atoms with van der Waals surface area (Å²) in [5.74, 6) is 0.889. The van der Waals surface area contributed by atoms with E-state index in [4.69, 9.17) is 11.6 Å². The van der Waals surface area contributed by atoms with E-state index in [1.807, 2.05) is 31.2 Å². The van der Waals surface area contributed by atoms with Crippen molar-refractivity contribution < 1.29 is 0 Å². The average molecular weight is 278 g/mol. The Balaban J connectivity index is 2.24. The Kier molecular flexibility index (Phi) is 4.15. The molecule has 102 valence electrons. The van der Waals surface area contributed by atoms with Crippen LogP contribution in [-0.2, 0) is 0 Å². The minimum Gasteiger partial charge on any atom is -0.349 e. The van der Waals surface area contributed by atoms with Crippen LogP contribution in [-0.4, -0.2) is 9.55 Å². The quantitative estimate of drug-likeness (QED) is 0.885. The normalized spacial score (nSPS) is 12.7. The first-order valence-electron chi connectivity index (χ1n) is 6.55. The molecular weight excluding hydrogens is 258 g/mol. The molecule has 1 aromatic carbocycles. The summed E-state index contributed by atoms with van der Waals surface area (Å²) in [5.41, 5.74) is 2.10. The van der Waals surface area contributed by atoms with Crippen LogP contribution in [0.25, 0.3) is 0 Å². The first-order chi connectivity index (χ1) is 8.99. The lowest BCUT2D eigenvalue weighted by atomic mass is 10.1. The van der Waals surface area contributed by atoms with Crippen molar-refractivity contribution in [2.24, 2.45) is 0 Å². The predicted octanol–water partition coefficient (Wildman–Crippen LogP) is 4.60. The molecule has 1 atom stereocenters. The van der Waals surface area contributed by atoms with Crippen molar-refractivity contribution >= 4 is 17.5 Å². The highest BCUT2D eigenvalue weighted by Crippen LogP contribution is 2.26. The van der Waals surface area contributed by atoms with E-state index in [9.17, 15) is 0 Å². The maximum Gasteiger partial charge on any atom is 0.203 e. The summed E-state index contributed by atoms with van der Waals surface area (Å²) in [6.45, 7) is 8.39. The van der Waals surface area contributed by atoms with Gasteiger partial charge in [0.15, 0.2) is 0 Å².